The lowest BCUT2D eigenvalue weighted by molar-refractivity contribution is -0.169. The van der Waals surface area contributed by atoms with Gasteiger partial charge in [0.25, 0.3) is 0 Å². The molecule has 0 bridgehead atoms. The summed E-state index contributed by atoms with van der Waals surface area (Å²) in [5, 5.41) is 0. The van der Waals surface area contributed by atoms with Gasteiger partial charge in [0, 0.05) is 38.1 Å². The van der Waals surface area contributed by atoms with Crippen LogP contribution < -0.4 is 14.4 Å². The summed E-state index contributed by atoms with van der Waals surface area (Å²) in [7, 11) is 0. The topological polar surface area (TPSA) is 65.9 Å². The molecule has 4 heterocycles. The number of benzene rings is 2. The maximum atomic E-state index is 15.5. The summed E-state index contributed by atoms with van der Waals surface area (Å²) in [6.45, 7) is 3.32. The first-order chi connectivity index (χ1) is 19.2. The quantitative estimate of drug-likeness (QED) is 0.288. The van der Waals surface area contributed by atoms with E-state index in [-0.39, 0.29) is 18.2 Å². The molecule has 2 aliphatic rings. The van der Waals surface area contributed by atoms with E-state index in [1.807, 2.05) is 60.7 Å². The number of anilines is 1. The van der Waals surface area contributed by atoms with E-state index in [1.54, 1.807) is 18.3 Å². The van der Waals surface area contributed by atoms with Gasteiger partial charge in [0.2, 0.25) is 11.8 Å². The number of nitrogens with zero attached hydrogens (tertiary/aromatic N) is 3. The number of pyridine rings is 2. The summed E-state index contributed by atoms with van der Waals surface area (Å²) >= 11 is 0. The highest BCUT2D eigenvalue weighted by Gasteiger charge is 2.40. The van der Waals surface area contributed by atoms with Crippen LogP contribution in [0.4, 0.5) is 10.1 Å². The van der Waals surface area contributed by atoms with Gasteiger partial charge in [-0.05, 0) is 17.2 Å². The fraction of sp³-hybridized carbons (Fsp3) is 0.290. The summed E-state index contributed by atoms with van der Waals surface area (Å²) in [6, 6.07) is 24.6. The molecule has 6 rings (SSSR count). The van der Waals surface area contributed by atoms with Crippen LogP contribution in [0.15, 0.2) is 85.1 Å². The minimum atomic E-state index is -0.483. The van der Waals surface area contributed by atoms with E-state index in [0.29, 0.717) is 44.4 Å². The number of halogens is 1. The van der Waals surface area contributed by atoms with E-state index in [2.05, 4.69) is 14.9 Å². The highest BCUT2D eigenvalue weighted by molar-refractivity contribution is 5.67. The third kappa shape index (κ3) is 5.87. The molecule has 2 aromatic heterocycles. The fourth-order valence-corrected chi connectivity index (χ4v) is 4.94. The van der Waals surface area contributed by atoms with Gasteiger partial charge < -0.3 is 23.8 Å². The van der Waals surface area contributed by atoms with E-state index in [1.165, 1.54) is 6.07 Å². The van der Waals surface area contributed by atoms with Crippen molar-refractivity contribution in [2.45, 2.75) is 31.8 Å². The number of ether oxygens (including phenoxy) is 4. The highest BCUT2D eigenvalue weighted by atomic mass is 19.1. The van der Waals surface area contributed by atoms with Crippen LogP contribution in [0.25, 0.3) is 11.3 Å². The lowest BCUT2D eigenvalue weighted by Gasteiger charge is -2.38. The Morgan fingerprint density at radius 3 is 2.10 bits per heavy atom. The van der Waals surface area contributed by atoms with Gasteiger partial charge in [-0.2, -0.15) is 4.98 Å². The first-order valence-corrected chi connectivity index (χ1v) is 13.2. The van der Waals surface area contributed by atoms with Gasteiger partial charge in [0.15, 0.2) is 11.6 Å². The average molecular weight is 528 g/mol. The molecule has 39 heavy (non-hydrogen) atoms. The molecule has 7 nitrogen and oxygen atoms in total. The van der Waals surface area contributed by atoms with Crippen molar-refractivity contribution < 1.29 is 23.3 Å². The molecular formula is C31H30FN3O4. The Bertz CT molecular complexity index is 1390. The zero-order valence-electron chi connectivity index (χ0n) is 21.6. The smallest absolute Gasteiger partial charge is 0.226 e. The maximum absolute atomic E-state index is 15.5. The number of rotatable bonds is 8. The Morgan fingerprint density at radius 1 is 0.821 bits per heavy atom. The molecule has 0 saturated carbocycles. The van der Waals surface area contributed by atoms with Crippen LogP contribution in [0.1, 0.15) is 24.0 Å². The van der Waals surface area contributed by atoms with Gasteiger partial charge in [-0.1, -0.05) is 60.7 Å². The Kier molecular flexibility index (Phi) is 7.38. The van der Waals surface area contributed by atoms with Crippen molar-refractivity contribution in [1.82, 2.24) is 9.97 Å². The molecule has 2 aromatic carbocycles. The molecule has 4 aromatic rings. The molecule has 0 aliphatic carbocycles. The van der Waals surface area contributed by atoms with Crippen molar-refractivity contribution in [1.29, 1.82) is 0 Å². The van der Waals surface area contributed by atoms with Crippen LogP contribution in [-0.4, -0.2) is 42.1 Å². The predicted molar refractivity (Wildman–Crippen MR) is 145 cm³/mol. The van der Waals surface area contributed by atoms with Crippen molar-refractivity contribution in [3.8, 4) is 23.0 Å². The standard InChI is InChI=1S/C31H30FN3O4/c32-27-19-25(35-15-13-31(14-16-35)38-17-18-39-31)20-33-29(27)26-11-12-28(36-21-23-7-3-1-4-8-23)34-30(26)37-22-24-9-5-2-6-10-24/h1-12,19-20H,13-18,21-22H2. The third-order valence-electron chi connectivity index (χ3n) is 7.07. The van der Waals surface area contributed by atoms with Gasteiger partial charge in [-0.3, -0.25) is 4.98 Å². The van der Waals surface area contributed by atoms with Gasteiger partial charge in [0.05, 0.1) is 30.7 Å². The van der Waals surface area contributed by atoms with E-state index < -0.39 is 11.6 Å². The van der Waals surface area contributed by atoms with Crippen molar-refractivity contribution in [3.05, 3.63) is 102 Å². The SMILES string of the molecule is Fc1cc(N2CCC3(CC2)OCCO3)cnc1-c1ccc(OCc2ccccc2)nc1OCc1ccccc1. The fourth-order valence-electron chi connectivity index (χ4n) is 4.94. The minimum Gasteiger partial charge on any atom is -0.473 e. The predicted octanol–water partition coefficient (Wildman–Crippen LogP) is 5.78. The first kappa shape index (κ1) is 25.3. The summed E-state index contributed by atoms with van der Waals surface area (Å²) in [6.07, 6.45) is 3.18. The molecule has 8 heteroatoms. The van der Waals surface area contributed by atoms with Gasteiger partial charge in [0.1, 0.15) is 18.9 Å². The largest absolute Gasteiger partial charge is 0.473 e. The summed E-state index contributed by atoms with van der Waals surface area (Å²) in [5.41, 5.74) is 3.37. The van der Waals surface area contributed by atoms with Crippen molar-refractivity contribution >= 4 is 5.69 Å². The monoisotopic (exact) mass is 527 g/mol. The number of hydrogen-bond donors (Lipinski definition) is 0. The Labute approximate surface area is 227 Å². The second kappa shape index (κ2) is 11.4. The van der Waals surface area contributed by atoms with Crippen LogP contribution in [0.2, 0.25) is 0 Å². The molecule has 0 radical (unpaired) electrons. The normalized spacial score (nSPS) is 16.4. The molecule has 2 saturated heterocycles. The highest BCUT2D eigenvalue weighted by Crippen LogP contribution is 2.36. The van der Waals surface area contributed by atoms with E-state index in [4.69, 9.17) is 18.9 Å². The lowest BCUT2D eigenvalue weighted by atomic mass is 10.0. The zero-order chi connectivity index (χ0) is 26.5. The van der Waals surface area contributed by atoms with Crippen molar-refractivity contribution in [3.63, 3.8) is 0 Å². The first-order valence-electron chi connectivity index (χ1n) is 13.2. The van der Waals surface area contributed by atoms with Gasteiger partial charge in [-0.25, -0.2) is 4.39 Å². The zero-order valence-corrected chi connectivity index (χ0v) is 21.6. The number of aromatic nitrogens is 2. The van der Waals surface area contributed by atoms with E-state index >= 15 is 4.39 Å². The molecule has 2 aliphatic heterocycles. The van der Waals surface area contributed by atoms with Crippen LogP contribution in [0, 0.1) is 5.82 Å². The Hall–Kier alpha value is -4.01. The maximum Gasteiger partial charge on any atom is 0.226 e. The van der Waals surface area contributed by atoms with Crippen LogP contribution in [0.5, 0.6) is 11.8 Å². The van der Waals surface area contributed by atoms with Crippen LogP contribution >= 0.6 is 0 Å². The van der Waals surface area contributed by atoms with Crippen molar-refractivity contribution in [2.24, 2.45) is 0 Å². The van der Waals surface area contributed by atoms with E-state index in [9.17, 15) is 0 Å². The minimum absolute atomic E-state index is 0.180. The van der Waals surface area contributed by atoms with Gasteiger partial charge >= 0.3 is 0 Å². The lowest BCUT2D eigenvalue weighted by Crippen LogP contribution is -2.45. The second-order valence-corrected chi connectivity index (χ2v) is 9.67. The summed E-state index contributed by atoms with van der Waals surface area (Å²) in [4.78, 5) is 11.2. The molecule has 0 N–H and O–H groups in total. The Balaban J connectivity index is 1.23. The number of hydrogen-bond acceptors (Lipinski definition) is 7. The van der Waals surface area contributed by atoms with Crippen molar-refractivity contribution in [2.75, 3.05) is 31.2 Å². The average Bonchev–Trinajstić information content (AvgIpc) is 3.44. The molecule has 1 spiro atoms. The molecule has 0 atom stereocenters. The Morgan fingerprint density at radius 2 is 1.46 bits per heavy atom. The molecule has 0 unspecified atom stereocenters. The molecular weight excluding hydrogens is 497 g/mol. The second-order valence-electron chi connectivity index (χ2n) is 9.67. The summed E-state index contributed by atoms with van der Waals surface area (Å²) in [5.74, 6) is -0.269. The summed E-state index contributed by atoms with van der Waals surface area (Å²) < 4.78 is 39.2. The van der Waals surface area contributed by atoms with Gasteiger partial charge in [-0.15, -0.1) is 0 Å². The molecule has 2 fully saturated rings. The molecule has 0 amide bonds. The van der Waals surface area contributed by atoms with E-state index in [0.717, 1.165) is 29.7 Å². The van der Waals surface area contributed by atoms with Crippen LogP contribution in [0.3, 0.4) is 0 Å². The third-order valence-corrected chi connectivity index (χ3v) is 7.07. The molecule has 200 valence electrons. The van der Waals surface area contributed by atoms with Crippen LogP contribution in [-0.2, 0) is 22.7 Å². The number of piperidine rings is 1.